The summed E-state index contributed by atoms with van der Waals surface area (Å²) in [6.07, 6.45) is 2.06. The number of carbonyl (C=O) groups is 2. The summed E-state index contributed by atoms with van der Waals surface area (Å²) >= 11 is 0. The van der Waals surface area contributed by atoms with Gasteiger partial charge in [-0.2, -0.15) is 0 Å². The number of nitrogens with one attached hydrogen (secondary N) is 1. The summed E-state index contributed by atoms with van der Waals surface area (Å²) in [5, 5.41) is 7.49. The summed E-state index contributed by atoms with van der Waals surface area (Å²) < 4.78 is 5.24. The molecule has 8 heteroatoms. The highest BCUT2D eigenvalue weighted by Crippen LogP contribution is 2.23. The van der Waals surface area contributed by atoms with Crippen LogP contribution in [0.4, 0.5) is 10.5 Å². The van der Waals surface area contributed by atoms with E-state index in [0.29, 0.717) is 44.1 Å². The zero-order valence-corrected chi connectivity index (χ0v) is 18.0. The van der Waals surface area contributed by atoms with Gasteiger partial charge >= 0.3 is 12.0 Å². The molecule has 2 amide bonds. The van der Waals surface area contributed by atoms with E-state index in [1.165, 1.54) is 0 Å². The van der Waals surface area contributed by atoms with Gasteiger partial charge in [0.05, 0.1) is 6.10 Å². The van der Waals surface area contributed by atoms with E-state index in [4.69, 9.17) is 15.9 Å². The molecule has 0 unspecified atom stereocenters. The zero-order valence-electron chi connectivity index (χ0n) is 18.0. The first-order chi connectivity index (χ1) is 14.3. The molecule has 0 spiro atoms. The van der Waals surface area contributed by atoms with Gasteiger partial charge in [-0.3, -0.25) is 10.2 Å². The number of urea groups is 1. The largest absolute Gasteiger partial charge is 0.463 e. The number of ether oxygens (including phenoxy) is 1. The summed E-state index contributed by atoms with van der Waals surface area (Å²) in [5.74, 6) is 0.231. The molecule has 0 atom stereocenters. The minimum atomic E-state index is -0.137. The molecule has 2 aliphatic rings. The molecule has 2 heterocycles. The second-order valence-electron chi connectivity index (χ2n) is 8.39. The van der Waals surface area contributed by atoms with Crippen LogP contribution in [0.5, 0.6) is 0 Å². The smallest absolute Gasteiger partial charge is 0.320 e. The normalized spacial score (nSPS) is 17.9. The van der Waals surface area contributed by atoms with Crippen molar-refractivity contribution in [3.63, 3.8) is 0 Å². The second-order valence-corrected chi connectivity index (χ2v) is 8.39. The van der Waals surface area contributed by atoms with Crippen LogP contribution < -0.4 is 10.6 Å². The standard InChI is InChI=1S/C22H33N5O3/c1-16(2)30-20(28)15-17-7-9-26(10-8-17)22(29)27-13-11-25(12-14-27)19-5-3-18(4-6-19)21(23)24/h3-6,16-17H,7-15H2,1-2H3,(H3,23,24). The summed E-state index contributed by atoms with van der Waals surface area (Å²) in [4.78, 5) is 30.8. The maximum Gasteiger partial charge on any atom is 0.320 e. The maximum absolute atomic E-state index is 12.9. The van der Waals surface area contributed by atoms with Crippen molar-refractivity contribution in [1.29, 1.82) is 5.41 Å². The average Bonchev–Trinajstić information content (AvgIpc) is 2.73. The Kier molecular flexibility index (Phi) is 7.18. The number of esters is 1. The number of benzene rings is 1. The summed E-state index contributed by atoms with van der Waals surface area (Å²) in [6.45, 7) is 8.06. The molecule has 2 aliphatic heterocycles. The summed E-state index contributed by atoms with van der Waals surface area (Å²) in [5.41, 5.74) is 7.31. The Balaban J connectivity index is 1.43. The topological polar surface area (TPSA) is 103 Å². The molecule has 2 saturated heterocycles. The molecule has 0 aromatic heterocycles. The maximum atomic E-state index is 12.9. The number of piperidine rings is 1. The predicted molar refractivity (Wildman–Crippen MR) is 117 cm³/mol. The zero-order chi connectivity index (χ0) is 21.7. The minimum Gasteiger partial charge on any atom is -0.463 e. The highest BCUT2D eigenvalue weighted by atomic mass is 16.5. The first-order valence-corrected chi connectivity index (χ1v) is 10.8. The van der Waals surface area contributed by atoms with Gasteiger partial charge in [-0.25, -0.2) is 4.79 Å². The fourth-order valence-corrected chi connectivity index (χ4v) is 4.08. The van der Waals surface area contributed by atoms with Crippen molar-refractivity contribution >= 4 is 23.5 Å². The van der Waals surface area contributed by atoms with E-state index in [1.807, 2.05) is 47.9 Å². The van der Waals surface area contributed by atoms with Crippen molar-refractivity contribution < 1.29 is 14.3 Å². The van der Waals surface area contributed by atoms with Crippen molar-refractivity contribution in [2.24, 2.45) is 11.7 Å². The molecule has 0 radical (unpaired) electrons. The van der Waals surface area contributed by atoms with Crippen molar-refractivity contribution in [2.45, 2.75) is 39.2 Å². The first-order valence-electron chi connectivity index (χ1n) is 10.8. The quantitative estimate of drug-likeness (QED) is 0.436. The third kappa shape index (κ3) is 5.64. The monoisotopic (exact) mass is 415 g/mol. The van der Waals surface area contributed by atoms with E-state index in [-0.39, 0.29) is 23.9 Å². The summed E-state index contributed by atoms with van der Waals surface area (Å²) in [7, 11) is 0. The van der Waals surface area contributed by atoms with Crippen LogP contribution in [-0.2, 0) is 9.53 Å². The minimum absolute atomic E-state index is 0.0672. The van der Waals surface area contributed by atoms with E-state index in [1.54, 1.807) is 0 Å². The highest BCUT2D eigenvalue weighted by molar-refractivity contribution is 5.95. The Morgan fingerprint density at radius 1 is 1.03 bits per heavy atom. The molecule has 8 nitrogen and oxygen atoms in total. The lowest BCUT2D eigenvalue weighted by Gasteiger charge is -2.40. The average molecular weight is 416 g/mol. The van der Waals surface area contributed by atoms with E-state index < -0.39 is 0 Å². The Morgan fingerprint density at radius 3 is 2.13 bits per heavy atom. The van der Waals surface area contributed by atoms with Crippen LogP contribution >= 0.6 is 0 Å². The Bertz CT molecular complexity index is 749. The van der Waals surface area contributed by atoms with E-state index in [0.717, 1.165) is 31.6 Å². The number of rotatable bonds is 5. The molecule has 1 aromatic carbocycles. The van der Waals surface area contributed by atoms with Gasteiger partial charge in [0.25, 0.3) is 0 Å². The van der Waals surface area contributed by atoms with E-state index in [9.17, 15) is 9.59 Å². The second kappa shape index (κ2) is 9.82. The molecule has 3 N–H and O–H groups in total. The molecule has 30 heavy (non-hydrogen) atoms. The number of nitrogens with two attached hydrogens (primary N) is 1. The number of amidine groups is 1. The Labute approximate surface area is 178 Å². The number of piperazine rings is 1. The fraction of sp³-hybridized carbons (Fsp3) is 0.591. The van der Waals surface area contributed by atoms with Gasteiger partial charge in [0.1, 0.15) is 5.84 Å². The van der Waals surface area contributed by atoms with Crippen molar-refractivity contribution in [3.05, 3.63) is 29.8 Å². The van der Waals surface area contributed by atoms with Crippen LogP contribution in [0.25, 0.3) is 0 Å². The number of nitrogen functional groups attached to an aromatic ring is 1. The van der Waals surface area contributed by atoms with Gasteiger partial charge in [0.15, 0.2) is 0 Å². The van der Waals surface area contributed by atoms with Crippen molar-refractivity contribution in [1.82, 2.24) is 9.80 Å². The molecule has 164 valence electrons. The molecule has 1 aromatic rings. The number of carbonyl (C=O) groups excluding carboxylic acids is 2. The van der Waals surface area contributed by atoms with Gasteiger partial charge < -0.3 is 25.2 Å². The van der Waals surface area contributed by atoms with Crippen LogP contribution in [0.1, 0.15) is 38.7 Å². The van der Waals surface area contributed by atoms with E-state index in [2.05, 4.69) is 4.90 Å². The number of hydrogen-bond donors (Lipinski definition) is 2. The number of amides is 2. The van der Waals surface area contributed by atoms with Crippen LogP contribution in [0.2, 0.25) is 0 Å². The van der Waals surface area contributed by atoms with Gasteiger partial charge in [0.2, 0.25) is 0 Å². The van der Waals surface area contributed by atoms with Gasteiger partial charge in [-0.05, 0) is 56.9 Å². The van der Waals surface area contributed by atoms with Crippen LogP contribution in [-0.4, -0.2) is 73.0 Å². The molecule has 0 saturated carbocycles. The molecular weight excluding hydrogens is 382 g/mol. The summed E-state index contributed by atoms with van der Waals surface area (Å²) in [6, 6.07) is 7.77. The molecule has 2 fully saturated rings. The number of likely N-dealkylation sites (tertiary alicyclic amines) is 1. The van der Waals surface area contributed by atoms with Crippen molar-refractivity contribution in [2.75, 3.05) is 44.2 Å². The number of nitrogens with zero attached hydrogens (tertiary/aromatic N) is 3. The van der Waals surface area contributed by atoms with Gasteiger partial charge in [-0.15, -0.1) is 0 Å². The predicted octanol–water partition coefficient (Wildman–Crippen LogP) is 2.27. The molecule has 0 aliphatic carbocycles. The van der Waals surface area contributed by atoms with Crippen LogP contribution in [0, 0.1) is 11.3 Å². The van der Waals surface area contributed by atoms with Crippen LogP contribution in [0.3, 0.4) is 0 Å². The third-order valence-corrected chi connectivity index (χ3v) is 5.80. The van der Waals surface area contributed by atoms with Gasteiger partial charge in [0, 0.05) is 56.9 Å². The highest BCUT2D eigenvalue weighted by Gasteiger charge is 2.29. The molecule has 0 bridgehead atoms. The Morgan fingerprint density at radius 2 is 1.60 bits per heavy atom. The van der Waals surface area contributed by atoms with E-state index >= 15 is 0 Å². The lowest BCUT2D eigenvalue weighted by molar-refractivity contribution is -0.148. The SMILES string of the molecule is CC(C)OC(=O)CC1CCN(C(=O)N2CCN(c3ccc(C(=N)N)cc3)CC2)CC1. The lowest BCUT2D eigenvalue weighted by Crippen LogP contribution is -2.54. The van der Waals surface area contributed by atoms with Crippen LogP contribution in [0.15, 0.2) is 24.3 Å². The van der Waals surface area contributed by atoms with Gasteiger partial charge in [-0.1, -0.05) is 0 Å². The number of anilines is 1. The van der Waals surface area contributed by atoms with Crippen molar-refractivity contribution in [3.8, 4) is 0 Å². The Hall–Kier alpha value is -2.77. The third-order valence-electron chi connectivity index (χ3n) is 5.80. The lowest BCUT2D eigenvalue weighted by atomic mass is 9.94. The number of hydrogen-bond acceptors (Lipinski definition) is 5. The first kappa shape index (κ1) is 21.9. The fourth-order valence-electron chi connectivity index (χ4n) is 4.08. The molecule has 3 rings (SSSR count). The molecular formula is C22H33N5O3.